The molecule has 0 radical (unpaired) electrons. The first kappa shape index (κ1) is 28.9. The van der Waals surface area contributed by atoms with Crippen LogP contribution in [-0.2, 0) is 20.7 Å². The third-order valence-corrected chi connectivity index (χ3v) is 7.13. The second kappa shape index (κ2) is 12.4. The fourth-order valence-electron chi connectivity index (χ4n) is 4.93. The number of ether oxygens (including phenoxy) is 6. The third kappa shape index (κ3) is 5.91. The van der Waals surface area contributed by atoms with Gasteiger partial charge in [-0.05, 0) is 41.8 Å². The van der Waals surface area contributed by atoms with Crippen molar-refractivity contribution < 1.29 is 58.7 Å². The molecule has 39 heavy (non-hydrogen) atoms. The van der Waals surface area contributed by atoms with E-state index < -0.39 is 55.3 Å². The standard InChI is InChI=1S/C27H34O12/c1-34-16-6-4-13(9-18(16)35-2)8-15-12-37-26(33)21(15)22(29)14-5-7-17(19(10-14)36-3)38-27-25(32)24(31)23(30)20(11-28)39-27/h4-7,9-10,15,20-25,27-32H,8,11-12H2,1-3H3/t15?,20-,21?,22?,23-,24+,25-,27-/m1/s1. The van der Waals surface area contributed by atoms with Gasteiger partial charge >= 0.3 is 5.97 Å². The number of carbonyl (C=O) groups excluding carboxylic acids is 1. The predicted molar refractivity (Wildman–Crippen MR) is 134 cm³/mol. The van der Waals surface area contributed by atoms with Gasteiger partial charge in [0.15, 0.2) is 23.0 Å². The van der Waals surface area contributed by atoms with Gasteiger partial charge in [-0.3, -0.25) is 4.79 Å². The average molecular weight is 551 g/mol. The van der Waals surface area contributed by atoms with Crippen molar-refractivity contribution in [3.05, 3.63) is 47.5 Å². The topological polar surface area (TPSA) is 174 Å². The minimum absolute atomic E-state index is 0.105. The van der Waals surface area contributed by atoms with Crippen molar-refractivity contribution >= 4 is 5.97 Å². The zero-order valence-electron chi connectivity index (χ0n) is 21.8. The summed E-state index contributed by atoms with van der Waals surface area (Å²) in [7, 11) is 4.45. The molecule has 2 aliphatic rings. The van der Waals surface area contributed by atoms with Gasteiger partial charge in [0.2, 0.25) is 6.29 Å². The Kier molecular flexibility index (Phi) is 9.15. The maximum atomic E-state index is 12.7. The van der Waals surface area contributed by atoms with Gasteiger partial charge in [-0.2, -0.15) is 0 Å². The van der Waals surface area contributed by atoms with Crippen LogP contribution in [0.1, 0.15) is 17.2 Å². The van der Waals surface area contributed by atoms with Crippen molar-refractivity contribution in [3.63, 3.8) is 0 Å². The fourth-order valence-corrected chi connectivity index (χ4v) is 4.93. The fraction of sp³-hybridized carbons (Fsp3) is 0.519. The van der Waals surface area contributed by atoms with E-state index in [4.69, 9.17) is 28.4 Å². The molecule has 4 rings (SSSR count). The summed E-state index contributed by atoms with van der Waals surface area (Å²) in [6.07, 6.45) is -8.07. The molecule has 2 fully saturated rings. The van der Waals surface area contributed by atoms with E-state index in [2.05, 4.69) is 0 Å². The van der Waals surface area contributed by atoms with Gasteiger partial charge in [-0.15, -0.1) is 0 Å². The van der Waals surface area contributed by atoms with E-state index in [1.807, 2.05) is 12.1 Å². The first-order valence-electron chi connectivity index (χ1n) is 12.4. The summed E-state index contributed by atoms with van der Waals surface area (Å²) in [5.41, 5.74) is 1.25. The van der Waals surface area contributed by atoms with Crippen LogP contribution in [0.3, 0.4) is 0 Å². The van der Waals surface area contributed by atoms with E-state index in [1.54, 1.807) is 13.2 Å². The van der Waals surface area contributed by atoms with Gasteiger partial charge in [0.05, 0.1) is 46.6 Å². The van der Waals surface area contributed by atoms with Gasteiger partial charge in [-0.25, -0.2) is 0 Å². The number of aliphatic hydroxyl groups excluding tert-OH is 5. The zero-order chi connectivity index (χ0) is 28.3. The molecule has 2 aliphatic heterocycles. The second-order valence-electron chi connectivity index (χ2n) is 9.48. The first-order chi connectivity index (χ1) is 18.7. The van der Waals surface area contributed by atoms with E-state index in [9.17, 15) is 30.3 Å². The van der Waals surface area contributed by atoms with Crippen molar-refractivity contribution in [1.82, 2.24) is 0 Å². The van der Waals surface area contributed by atoms with Gasteiger partial charge in [0.25, 0.3) is 0 Å². The molecule has 0 aliphatic carbocycles. The summed E-state index contributed by atoms with van der Waals surface area (Å²) in [6, 6.07) is 9.94. The normalized spacial score (nSPS) is 29.4. The number of rotatable bonds is 10. The van der Waals surface area contributed by atoms with Gasteiger partial charge < -0.3 is 54.0 Å². The lowest BCUT2D eigenvalue weighted by molar-refractivity contribution is -0.277. The Balaban J connectivity index is 1.52. The van der Waals surface area contributed by atoms with Crippen molar-refractivity contribution in [2.45, 2.75) is 43.2 Å². The molecule has 3 unspecified atom stereocenters. The molecule has 0 aromatic heterocycles. The highest BCUT2D eigenvalue weighted by Crippen LogP contribution is 2.40. The van der Waals surface area contributed by atoms with E-state index in [-0.39, 0.29) is 24.0 Å². The zero-order valence-corrected chi connectivity index (χ0v) is 21.8. The van der Waals surface area contributed by atoms with Crippen LogP contribution in [-0.4, -0.2) is 96.8 Å². The summed E-state index contributed by atoms with van der Waals surface area (Å²) in [5.74, 6) is -0.290. The highest BCUT2D eigenvalue weighted by atomic mass is 16.7. The number of hydrogen-bond donors (Lipinski definition) is 5. The molecule has 0 saturated carbocycles. The van der Waals surface area contributed by atoms with Crippen LogP contribution in [0.25, 0.3) is 0 Å². The quantitative estimate of drug-likeness (QED) is 0.250. The van der Waals surface area contributed by atoms with Gasteiger partial charge in [0.1, 0.15) is 24.4 Å². The highest BCUT2D eigenvalue weighted by molar-refractivity contribution is 5.76. The number of hydrogen-bond acceptors (Lipinski definition) is 12. The van der Waals surface area contributed by atoms with Crippen LogP contribution in [0, 0.1) is 11.8 Å². The summed E-state index contributed by atoms with van der Waals surface area (Å²) in [4.78, 5) is 12.7. The molecule has 12 nitrogen and oxygen atoms in total. The SMILES string of the molecule is COc1ccc(CC2COC(=O)C2C(O)c2ccc(O[C@@H]3O[C@H](CO)[C@@H](O)[C@H](O)[C@H]3O)c(OC)c2)cc1OC. The Morgan fingerprint density at radius 3 is 2.23 bits per heavy atom. The molecule has 0 spiro atoms. The lowest BCUT2D eigenvalue weighted by Gasteiger charge is -2.39. The summed E-state index contributed by atoms with van der Waals surface area (Å²) in [6.45, 7) is -0.459. The van der Waals surface area contributed by atoms with Crippen molar-refractivity contribution in [3.8, 4) is 23.0 Å². The maximum Gasteiger partial charge on any atom is 0.312 e. The van der Waals surface area contributed by atoms with Crippen molar-refractivity contribution in [2.75, 3.05) is 34.5 Å². The number of benzene rings is 2. The molecule has 0 amide bonds. The van der Waals surface area contributed by atoms with Crippen LogP contribution < -0.4 is 18.9 Å². The molecule has 2 heterocycles. The molecule has 8 atom stereocenters. The summed E-state index contributed by atoms with van der Waals surface area (Å²) in [5, 5.41) is 50.9. The van der Waals surface area contributed by atoms with Crippen LogP contribution in [0.4, 0.5) is 0 Å². The first-order valence-corrected chi connectivity index (χ1v) is 12.4. The molecule has 214 valence electrons. The largest absolute Gasteiger partial charge is 0.493 e. The molecule has 5 N–H and O–H groups in total. The van der Waals surface area contributed by atoms with E-state index in [0.29, 0.717) is 23.5 Å². The van der Waals surface area contributed by atoms with E-state index in [0.717, 1.165) is 5.56 Å². The average Bonchev–Trinajstić information content (AvgIpc) is 3.32. The Morgan fingerprint density at radius 1 is 0.897 bits per heavy atom. The van der Waals surface area contributed by atoms with E-state index >= 15 is 0 Å². The molecule has 2 aromatic carbocycles. The highest BCUT2D eigenvalue weighted by Gasteiger charge is 2.45. The van der Waals surface area contributed by atoms with Crippen LogP contribution in [0.2, 0.25) is 0 Å². The summed E-state index contributed by atoms with van der Waals surface area (Å²) >= 11 is 0. The Hall–Kier alpha value is -3.13. The second-order valence-corrected chi connectivity index (χ2v) is 9.48. The molecule has 2 aromatic rings. The third-order valence-electron chi connectivity index (χ3n) is 7.13. The number of esters is 1. The number of aliphatic hydroxyl groups is 5. The number of carbonyl (C=O) groups is 1. The van der Waals surface area contributed by atoms with E-state index in [1.165, 1.54) is 32.4 Å². The molecule has 0 bridgehead atoms. The Morgan fingerprint density at radius 2 is 1.56 bits per heavy atom. The Labute approximate surface area is 225 Å². The monoisotopic (exact) mass is 550 g/mol. The Bertz CT molecular complexity index is 1140. The maximum absolute atomic E-state index is 12.7. The summed E-state index contributed by atoms with van der Waals surface area (Å²) < 4.78 is 32.4. The predicted octanol–water partition coefficient (Wildman–Crippen LogP) is -0.0436. The molecular weight excluding hydrogens is 516 g/mol. The van der Waals surface area contributed by atoms with Crippen LogP contribution >= 0.6 is 0 Å². The molecule has 12 heteroatoms. The van der Waals surface area contributed by atoms with Crippen molar-refractivity contribution in [2.24, 2.45) is 11.8 Å². The number of cyclic esters (lactones) is 1. The minimum atomic E-state index is -1.61. The lowest BCUT2D eigenvalue weighted by Crippen LogP contribution is -2.60. The molecular formula is C27H34O12. The van der Waals surface area contributed by atoms with Gasteiger partial charge in [0, 0.05) is 5.92 Å². The smallest absolute Gasteiger partial charge is 0.312 e. The van der Waals surface area contributed by atoms with Crippen LogP contribution in [0.5, 0.6) is 23.0 Å². The van der Waals surface area contributed by atoms with Crippen molar-refractivity contribution in [1.29, 1.82) is 0 Å². The number of methoxy groups -OCH3 is 3. The lowest BCUT2D eigenvalue weighted by atomic mass is 9.83. The molecule has 2 saturated heterocycles. The van der Waals surface area contributed by atoms with Gasteiger partial charge in [-0.1, -0.05) is 12.1 Å². The van der Waals surface area contributed by atoms with Crippen LogP contribution in [0.15, 0.2) is 36.4 Å². The minimum Gasteiger partial charge on any atom is -0.493 e.